The molecule has 20 heavy (non-hydrogen) atoms. The number of thiazole rings is 1. The zero-order valence-electron chi connectivity index (χ0n) is 10.4. The lowest BCUT2D eigenvalue weighted by Crippen LogP contribution is -2.07. The molecule has 0 spiro atoms. The summed E-state index contributed by atoms with van der Waals surface area (Å²) in [6.07, 6.45) is 4.77. The number of nitrogens with zero attached hydrogens (tertiary/aromatic N) is 1. The minimum absolute atomic E-state index is 0.238. The van der Waals surface area contributed by atoms with Crippen LogP contribution in [0.4, 0.5) is 5.13 Å². The van der Waals surface area contributed by atoms with E-state index in [-0.39, 0.29) is 5.91 Å². The molecular formula is C13H10Br2N2O2S. The highest BCUT2D eigenvalue weighted by atomic mass is 79.9. The molecule has 2 rings (SSSR count). The molecule has 0 saturated heterocycles. The molecule has 104 valence electrons. The van der Waals surface area contributed by atoms with Crippen LogP contribution in [0.3, 0.4) is 0 Å². The molecule has 0 radical (unpaired) electrons. The van der Waals surface area contributed by atoms with E-state index in [1.807, 2.05) is 12.1 Å². The van der Waals surface area contributed by atoms with Crippen LogP contribution in [0.2, 0.25) is 0 Å². The minimum Gasteiger partial charge on any atom is -0.495 e. The third-order valence-corrected chi connectivity index (χ3v) is 4.05. The van der Waals surface area contributed by atoms with Crippen molar-refractivity contribution < 1.29 is 9.53 Å². The smallest absolute Gasteiger partial charge is 0.250 e. The van der Waals surface area contributed by atoms with Crippen LogP contribution >= 0.6 is 43.2 Å². The van der Waals surface area contributed by atoms with Crippen LogP contribution in [0.25, 0.3) is 6.08 Å². The lowest BCUT2D eigenvalue weighted by Gasteiger charge is -2.08. The molecule has 1 N–H and O–H groups in total. The van der Waals surface area contributed by atoms with Gasteiger partial charge in [0.25, 0.3) is 0 Å². The van der Waals surface area contributed by atoms with Crippen molar-refractivity contribution in [1.82, 2.24) is 4.98 Å². The van der Waals surface area contributed by atoms with Gasteiger partial charge >= 0.3 is 0 Å². The molecule has 2 aromatic rings. The molecule has 0 aliphatic carbocycles. The normalized spacial score (nSPS) is 10.8. The van der Waals surface area contributed by atoms with Crippen LogP contribution < -0.4 is 10.1 Å². The van der Waals surface area contributed by atoms with Crippen molar-refractivity contribution in [1.29, 1.82) is 0 Å². The maximum absolute atomic E-state index is 11.8. The summed E-state index contributed by atoms with van der Waals surface area (Å²) in [4.78, 5) is 15.7. The number of carbonyl (C=O) groups excluding carboxylic acids is 1. The zero-order chi connectivity index (χ0) is 14.5. The number of aromatic nitrogens is 1. The van der Waals surface area contributed by atoms with Gasteiger partial charge in [0, 0.05) is 27.7 Å². The molecule has 1 aromatic carbocycles. The SMILES string of the molecule is COc1c(Br)cc(Br)cc1C=CC(=O)Nc1nccs1. The van der Waals surface area contributed by atoms with Gasteiger partial charge in [0.15, 0.2) is 5.13 Å². The lowest BCUT2D eigenvalue weighted by molar-refractivity contribution is -0.111. The fraction of sp³-hybridized carbons (Fsp3) is 0.0769. The Bertz CT molecular complexity index is 642. The van der Waals surface area contributed by atoms with Crippen LogP contribution in [0.5, 0.6) is 5.75 Å². The summed E-state index contributed by atoms with van der Waals surface area (Å²) >= 11 is 8.19. The van der Waals surface area contributed by atoms with Crippen LogP contribution in [-0.2, 0) is 4.79 Å². The van der Waals surface area contributed by atoms with Crippen molar-refractivity contribution in [3.63, 3.8) is 0 Å². The molecule has 0 fully saturated rings. The average Bonchev–Trinajstić information content (AvgIpc) is 2.88. The largest absolute Gasteiger partial charge is 0.495 e. The summed E-state index contributed by atoms with van der Waals surface area (Å²) in [5.74, 6) is 0.435. The Morgan fingerprint density at radius 2 is 2.25 bits per heavy atom. The van der Waals surface area contributed by atoms with Crippen molar-refractivity contribution in [2.75, 3.05) is 12.4 Å². The second kappa shape index (κ2) is 7.01. The topological polar surface area (TPSA) is 51.2 Å². The van der Waals surface area contributed by atoms with E-state index in [0.29, 0.717) is 10.9 Å². The Morgan fingerprint density at radius 1 is 1.45 bits per heavy atom. The molecule has 4 nitrogen and oxygen atoms in total. The molecular weight excluding hydrogens is 408 g/mol. The molecule has 0 atom stereocenters. The summed E-state index contributed by atoms with van der Waals surface area (Å²) < 4.78 is 7.02. The highest BCUT2D eigenvalue weighted by molar-refractivity contribution is 9.11. The second-order valence-electron chi connectivity index (χ2n) is 3.67. The number of methoxy groups -OCH3 is 1. The number of amides is 1. The van der Waals surface area contributed by atoms with Crippen molar-refractivity contribution in [2.45, 2.75) is 0 Å². The summed E-state index contributed by atoms with van der Waals surface area (Å²) in [6.45, 7) is 0. The molecule has 0 bridgehead atoms. The quantitative estimate of drug-likeness (QED) is 0.753. The van der Waals surface area contributed by atoms with E-state index < -0.39 is 0 Å². The van der Waals surface area contributed by atoms with E-state index >= 15 is 0 Å². The van der Waals surface area contributed by atoms with Crippen LogP contribution in [0.1, 0.15) is 5.56 Å². The number of hydrogen-bond donors (Lipinski definition) is 1. The Kier molecular flexibility index (Phi) is 5.33. The number of nitrogens with one attached hydrogen (secondary N) is 1. The predicted octanol–water partition coefficient (Wildman–Crippen LogP) is 4.33. The first-order valence-electron chi connectivity index (χ1n) is 5.51. The maximum atomic E-state index is 11.8. The van der Waals surface area contributed by atoms with Gasteiger partial charge in [-0.15, -0.1) is 11.3 Å². The van der Waals surface area contributed by atoms with Gasteiger partial charge in [0.2, 0.25) is 5.91 Å². The molecule has 0 aliphatic rings. The first kappa shape index (κ1) is 15.2. The monoisotopic (exact) mass is 416 g/mol. The van der Waals surface area contributed by atoms with Gasteiger partial charge in [-0.1, -0.05) is 15.9 Å². The van der Waals surface area contributed by atoms with Crippen LogP contribution in [0.15, 0.2) is 38.7 Å². The van der Waals surface area contributed by atoms with Crippen LogP contribution in [-0.4, -0.2) is 18.0 Å². The standard InChI is InChI=1S/C13H10Br2N2O2S/c1-19-12-8(6-9(14)7-10(12)15)2-3-11(18)17-13-16-4-5-20-13/h2-7H,1H3,(H,16,17,18). The summed E-state index contributed by atoms with van der Waals surface area (Å²) in [5.41, 5.74) is 0.794. The van der Waals surface area contributed by atoms with Gasteiger partial charge in [-0.3, -0.25) is 10.1 Å². The van der Waals surface area contributed by atoms with Crippen molar-refractivity contribution in [2.24, 2.45) is 0 Å². The summed E-state index contributed by atoms with van der Waals surface area (Å²) in [7, 11) is 1.58. The molecule has 7 heteroatoms. The molecule has 1 amide bonds. The van der Waals surface area contributed by atoms with E-state index in [2.05, 4.69) is 42.2 Å². The summed E-state index contributed by atoms with van der Waals surface area (Å²) in [6, 6.07) is 3.75. The van der Waals surface area contributed by atoms with E-state index in [9.17, 15) is 4.79 Å². The van der Waals surface area contributed by atoms with Crippen molar-refractivity contribution in [3.8, 4) is 5.75 Å². The fourth-order valence-electron chi connectivity index (χ4n) is 1.52. The van der Waals surface area contributed by atoms with E-state index in [1.54, 1.807) is 24.8 Å². The average molecular weight is 418 g/mol. The first-order chi connectivity index (χ1) is 9.60. The van der Waals surface area contributed by atoms with Gasteiger partial charge in [0.1, 0.15) is 5.75 Å². The van der Waals surface area contributed by atoms with E-state index in [4.69, 9.17) is 4.74 Å². The minimum atomic E-state index is -0.238. The van der Waals surface area contributed by atoms with Crippen molar-refractivity contribution >= 4 is 60.3 Å². The Balaban J connectivity index is 2.16. The lowest BCUT2D eigenvalue weighted by atomic mass is 10.2. The third-order valence-electron chi connectivity index (χ3n) is 2.32. The number of ether oxygens (including phenoxy) is 1. The zero-order valence-corrected chi connectivity index (χ0v) is 14.4. The highest BCUT2D eigenvalue weighted by Gasteiger charge is 2.07. The van der Waals surface area contributed by atoms with Gasteiger partial charge < -0.3 is 4.74 Å². The van der Waals surface area contributed by atoms with E-state index in [1.165, 1.54) is 17.4 Å². The number of halogens is 2. The molecule has 0 saturated carbocycles. The van der Waals surface area contributed by atoms with Gasteiger partial charge in [-0.05, 0) is 34.1 Å². The number of benzene rings is 1. The fourth-order valence-corrected chi connectivity index (χ4v) is 3.47. The number of carbonyl (C=O) groups is 1. The molecule has 1 heterocycles. The Morgan fingerprint density at radius 3 is 2.90 bits per heavy atom. The molecule has 0 unspecified atom stereocenters. The van der Waals surface area contributed by atoms with E-state index in [0.717, 1.165) is 14.5 Å². The number of anilines is 1. The molecule has 0 aliphatic heterocycles. The highest BCUT2D eigenvalue weighted by Crippen LogP contribution is 2.33. The summed E-state index contributed by atoms with van der Waals surface area (Å²) in [5, 5.41) is 5.05. The van der Waals surface area contributed by atoms with Gasteiger partial charge in [-0.2, -0.15) is 0 Å². The van der Waals surface area contributed by atoms with Crippen LogP contribution in [0, 0.1) is 0 Å². The van der Waals surface area contributed by atoms with Crippen molar-refractivity contribution in [3.05, 3.63) is 44.3 Å². The number of rotatable bonds is 4. The second-order valence-corrected chi connectivity index (χ2v) is 6.33. The number of hydrogen-bond acceptors (Lipinski definition) is 4. The Hall–Kier alpha value is -1.18. The first-order valence-corrected chi connectivity index (χ1v) is 7.98. The third kappa shape index (κ3) is 3.91. The predicted molar refractivity (Wildman–Crippen MR) is 88.2 cm³/mol. The van der Waals surface area contributed by atoms with Gasteiger partial charge in [0.05, 0.1) is 11.6 Å². The Labute approximate surface area is 137 Å². The van der Waals surface area contributed by atoms with Gasteiger partial charge in [-0.25, -0.2) is 4.98 Å². The maximum Gasteiger partial charge on any atom is 0.250 e. The molecule has 1 aromatic heterocycles.